The van der Waals surface area contributed by atoms with Crippen molar-refractivity contribution in [3.05, 3.63) is 58.1 Å². The SMILES string of the molecule is Cc1ccc(C)c2c(C(C)C)c3c(C)ccc(C)c3cc12. The van der Waals surface area contributed by atoms with E-state index >= 15 is 0 Å². The van der Waals surface area contributed by atoms with Crippen molar-refractivity contribution < 1.29 is 0 Å². The lowest BCUT2D eigenvalue weighted by molar-refractivity contribution is 0.883. The smallest absolute Gasteiger partial charge is 0.0111 e. The second kappa shape index (κ2) is 4.87. The zero-order valence-electron chi connectivity index (χ0n) is 14.0. The zero-order valence-corrected chi connectivity index (χ0v) is 14.0. The summed E-state index contributed by atoms with van der Waals surface area (Å²) in [5, 5.41) is 5.76. The van der Waals surface area contributed by atoms with Crippen molar-refractivity contribution in [3.63, 3.8) is 0 Å². The van der Waals surface area contributed by atoms with Gasteiger partial charge in [0.15, 0.2) is 0 Å². The lowest BCUT2D eigenvalue weighted by atomic mass is 9.84. The van der Waals surface area contributed by atoms with Crippen LogP contribution in [0.25, 0.3) is 21.5 Å². The molecule has 3 aromatic rings. The Labute approximate surface area is 127 Å². The minimum absolute atomic E-state index is 0.525. The van der Waals surface area contributed by atoms with Crippen LogP contribution in [-0.2, 0) is 0 Å². The van der Waals surface area contributed by atoms with Gasteiger partial charge in [0.25, 0.3) is 0 Å². The fourth-order valence-electron chi connectivity index (χ4n) is 3.60. The van der Waals surface area contributed by atoms with E-state index in [1.165, 1.54) is 49.4 Å². The molecule has 108 valence electrons. The summed E-state index contributed by atoms with van der Waals surface area (Å²) >= 11 is 0. The van der Waals surface area contributed by atoms with E-state index in [1.54, 1.807) is 0 Å². The molecule has 3 rings (SSSR count). The number of rotatable bonds is 1. The Balaban J connectivity index is 2.70. The molecule has 0 atom stereocenters. The highest BCUT2D eigenvalue weighted by Crippen LogP contribution is 2.39. The van der Waals surface area contributed by atoms with Crippen molar-refractivity contribution in [1.82, 2.24) is 0 Å². The van der Waals surface area contributed by atoms with Crippen LogP contribution in [0.2, 0.25) is 0 Å². The van der Waals surface area contributed by atoms with E-state index < -0.39 is 0 Å². The van der Waals surface area contributed by atoms with Gasteiger partial charge in [0.05, 0.1) is 0 Å². The highest BCUT2D eigenvalue weighted by Gasteiger charge is 2.16. The molecule has 21 heavy (non-hydrogen) atoms. The molecule has 0 heteroatoms. The first kappa shape index (κ1) is 14.1. The molecule has 0 saturated heterocycles. The molecular formula is C21H24. The fraction of sp³-hybridized carbons (Fsp3) is 0.333. The Morgan fingerprint density at radius 2 is 1.00 bits per heavy atom. The topological polar surface area (TPSA) is 0 Å². The van der Waals surface area contributed by atoms with E-state index in [9.17, 15) is 0 Å². The van der Waals surface area contributed by atoms with Gasteiger partial charge >= 0.3 is 0 Å². The summed E-state index contributed by atoms with van der Waals surface area (Å²) in [6, 6.07) is 11.4. The molecule has 0 aliphatic rings. The predicted octanol–water partition coefficient (Wildman–Crippen LogP) is 6.35. The Morgan fingerprint density at radius 3 is 1.38 bits per heavy atom. The molecule has 0 spiro atoms. The van der Waals surface area contributed by atoms with Gasteiger partial charge in [-0.2, -0.15) is 0 Å². The molecule has 0 N–H and O–H groups in total. The Bertz CT molecular complexity index is 785. The van der Waals surface area contributed by atoms with Gasteiger partial charge in [-0.3, -0.25) is 0 Å². The second-order valence-corrected chi connectivity index (χ2v) is 6.69. The van der Waals surface area contributed by atoms with Crippen LogP contribution in [0.4, 0.5) is 0 Å². The largest absolute Gasteiger partial charge is 0.0586 e. The molecule has 0 nitrogen and oxygen atoms in total. The van der Waals surface area contributed by atoms with Crippen LogP contribution in [-0.4, -0.2) is 0 Å². The quantitative estimate of drug-likeness (QED) is 0.454. The van der Waals surface area contributed by atoms with Gasteiger partial charge in [-0.05, 0) is 89.0 Å². The first-order valence-electron chi connectivity index (χ1n) is 7.84. The van der Waals surface area contributed by atoms with Gasteiger partial charge < -0.3 is 0 Å². The first-order valence-corrected chi connectivity index (χ1v) is 7.84. The summed E-state index contributed by atoms with van der Waals surface area (Å²) < 4.78 is 0. The highest BCUT2D eigenvalue weighted by molar-refractivity contribution is 6.07. The summed E-state index contributed by atoms with van der Waals surface area (Å²) in [5.74, 6) is 0.525. The molecule has 0 saturated carbocycles. The summed E-state index contributed by atoms with van der Waals surface area (Å²) in [6.45, 7) is 13.6. The standard InChI is InChI=1S/C21H24/c1-12(2)19-20-15(5)9-7-13(3)17(20)11-18-14(4)8-10-16(6)21(18)19/h7-12H,1-6H3. The maximum Gasteiger partial charge on any atom is -0.0111 e. The van der Waals surface area contributed by atoms with Crippen molar-refractivity contribution in [2.45, 2.75) is 47.5 Å². The van der Waals surface area contributed by atoms with Crippen molar-refractivity contribution in [2.75, 3.05) is 0 Å². The van der Waals surface area contributed by atoms with Crippen molar-refractivity contribution in [1.29, 1.82) is 0 Å². The predicted molar refractivity (Wildman–Crippen MR) is 94.5 cm³/mol. The van der Waals surface area contributed by atoms with Crippen LogP contribution in [0, 0.1) is 27.7 Å². The molecule has 0 heterocycles. The molecule has 0 aromatic heterocycles. The molecular weight excluding hydrogens is 252 g/mol. The van der Waals surface area contributed by atoms with E-state index in [2.05, 4.69) is 71.9 Å². The molecule has 3 aromatic carbocycles. The van der Waals surface area contributed by atoms with E-state index in [0.29, 0.717) is 5.92 Å². The van der Waals surface area contributed by atoms with Crippen LogP contribution in [0.15, 0.2) is 30.3 Å². The van der Waals surface area contributed by atoms with Crippen molar-refractivity contribution in [2.24, 2.45) is 0 Å². The summed E-state index contributed by atoms with van der Waals surface area (Å²) in [4.78, 5) is 0. The summed E-state index contributed by atoms with van der Waals surface area (Å²) in [5.41, 5.74) is 7.05. The minimum Gasteiger partial charge on any atom is -0.0586 e. The van der Waals surface area contributed by atoms with Crippen molar-refractivity contribution >= 4 is 21.5 Å². The molecule has 0 amide bonds. The highest BCUT2D eigenvalue weighted by atomic mass is 14.2. The lowest BCUT2D eigenvalue weighted by Gasteiger charge is -2.20. The van der Waals surface area contributed by atoms with Crippen LogP contribution >= 0.6 is 0 Å². The first-order chi connectivity index (χ1) is 9.91. The van der Waals surface area contributed by atoms with Crippen LogP contribution in [0.3, 0.4) is 0 Å². The maximum atomic E-state index is 2.40. The van der Waals surface area contributed by atoms with Gasteiger partial charge in [0, 0.05) is 0 Å². The number of hydrogen-bond acceptors (Lipinski definition) is 0. The number of aryl methyl sites for hydroxylation is 4. The molecule has 0 aliphatic heterocycles. The van der Waals surface area contributed by atoms with Gasteiger partial charge in [0.1, 0.15) is 0 Å². The zero-order chi connectivity index (χ0) is 15.3. The van der Waals surface area contributed by atoms with E-state index in [0.717, 1.165) is 0 Å². The lowest BCUT2D eigenvalue weighted by Crippen LogP contribution is -1.98. The third kappa shape index (κ3) is 2.05. The van der Waals surface area contributed by atoms with E-state index in [-0.39, 0.29) is 0 Å². The molecule has 0 radical (unpaired) electrons. The summed E-state index contributed by atoms with van der Waals surface area (Å²) in [7, 11) is 0. The molecule has 0 fully saturated rings. The monoisotopic (exact) mass is 276 g/mol. The number of benzene rings is 3. The van der Waals surface area contributed by atoms with E-state index in [1.807, 2.05) is 0 Å². The van der Waals surface area contributed by atoms with Crippen molar-refractivity contribution in [3.8, 4) is 0 Å². The van der Waals surface area contributed by atoms with E-state index in [4.69, 9.17) is 0 Å². The van der Waals surface area contributed by atoms with Gasteiger partial charge in [-0.1, -0.05) is 38.1 Å². The molecule has 0 aliphatic carbocycles. The van der Waals surface area contributed by atoms with Crippen LogP contribution in [0.1, 0.15) is 47.6 Å². The van der Waals surface area contributed by atoms with Gasteiger partial charge in [0.2, 0.25) is 0 Å². The normalized spacial score (nSPS) is 11.8. The molecule has 0 unspecified atom stereocenters. The third-order valence-electron chi connectivity index (χ3n) is 4.75. The Morgan fingerprint density at radius 1 is 0.619 bits per heavy atom. The number of fused-ring (bicyclic) bond motifs is 2. The minimum atomic E-state index is 0.525. The second-order valence-electron chi connectivity index (χ2n) is 6.69. The Kier molecular flexibility index (Phi) is 3.28. The number of hydrogen-bond donors (Lipinski definition) is 0. The van der Waals surface area contributed by atoms with Gasteiger partial charge in [-0.15, -0.1) is 0 Å². The maximum absolute atomic E-state index is 2.40. The molecule has 0 bridgehead atoms. The fourth-order valence-corrected chi connectivity index (χ4v) is 3.60. The van der Waals surface area contributed by atoms with Gasteiger partial charge in [-0.25, -0.2) is 0 Å². The third-order valence-corrected chi connectivity index (χ3v) is 4.75. The van der Waals surface area contributed by atoms with Crippen LogP contribution in [0.5, 0.6) is 0 Å². The van der Waals surface area contributed by atoms with Crippen LogP contribution < -0.4 is 0 Å². The average molecular weight is 276 g/mol. The summed E-state index contributed by atoms with van der Waals surface area (Å²) in [6.07, 6.45) is 0. The Hall–Kier alpha value is -1.82. The average Bonchev–Trinajstić information content (AvgIpc) is 2.45.